The van der Waals surface area contributed by atoms with E-state index >= 15 is 0 Å². The zero-order chi connectivity index (χ0) is 16.8. The maximum Gasteiger partial charge on any atom is 0.277 e. The van der Waals surface area contributed by atoms with Crippen molar-refractivity contribution in [3.8, 4) is 11.5 Å². The Labute approximate surface area is 141 Å². The first-order chi connectivity index (χ1) is 11.0. The lowest BCUT2D eigenvalue weighted by Gasteiger charge is -2.05. The van der Waals surface area contributed by atoms with Gasteiger partial charge in [0.25, 0.3) is 5.91 Å². The Morgan fingerprint density at radius 3 is 2.87 bits per heavy atom. The van der Waals surface area contributed by atoms with Crippen molar-refractivity contribution in [3.05, 3.63) is 57.8 Å². The first-order valence-corrected chi connectivity index (χ1v) is 7.09. The van der Waals surface area contributed by atoms with Crippen molar-refractivity contribution < 1.29 is 19.0 Å². The first-order valence-electron chi connectivity index (χ1n) is 6.34. The van der Waals surface area contributed by atoms with Gasteiger partial charge in [-0.15, -0.1) is 0 Å². The van der Waals surface area contributed by atoms with Crippen molar-refractivity contribution in [3.63, 3.8) is 0 Å². The quantitative estimate of drug-likeness (QED) is 0.637. The summed E-state index contributed by atoms with van der Waals surface area (Å²) in [7, 11) is 0. The monoisotopic (exact) mass is 356 g/mol. The molecule has 2 N–H and O–H groups in total. The summed E-state index contributed by atoms with van der Waals surface area (Å²) >= 11 is 11.6. The van der Waals surface area contributed by atoms with Gasteiger partial charge in [0.2, 0.25) is 0 Å². The maximum absolute atomic E-state index is 12.9. The molecule has 0 saturated carbocycles. The van der Waals surface area contributed by atoms with Gasteiger partial charge in [-0.2, -0.15) is 5.10 Å². The molecule has 120 valence electrons. The molecule has 0 saturated heterocycles. The van der Waals surface area contributed by atoms with E-state index < -0.39 is 11.7 Å². The van der Waals surface area contributed by atoms with Crippen LogP contribution in [-0.2, 0) is 4.79 Å². The van der Waals surface area contributed by atoms with Gasteiger partial charge < -0.3 is 9.84 Å². The summed E-state index contributed by atoms with van der Waals surface area (Å²) in [6, 6.07) is 8.21. The number of aromatic hydroxyl groups is 1. The zero-order valence-corrected chi connectivity index (χ0v) is 13.1. The minimum atomic E-state index is -0.557. The number of benzene rings is 2. The average molecular weight is 357 g/mol. The smallest absolute Gasteiger partial charge is 0.277 e. The number of carbonyl (C=O) groups excluding carboxylic acids is 1. The van der Waals surface area contributed by atoms with Gasteiger partial charge in [0.1, 0.15) is 17.3 Å². The SMILES string of the molecule is O=C(COc1cccc(F)c1)N/N=C/c1cc(Cl)cc(Cl)c1O. The summed E-state index contributed by atoms with van der Waals surface area (Å²) in [6.07, 6.45) is 1.19. The Morgan fingerprint density at radius 1 is 1.35 bits per heavy atom. The van der Waals surface area contributed by atoms with Crippen LogP contribution >= 0.6 is 23.2 Å². The second-order valence-corrected chi connectivity index (χ2v) is 5.21. The number of nitrogens with one attached hydrogen (secondary N) is 1. The molecule has 2 aromatic carbocycles. The summed E-state index contributed by atoms with van der Waals surface area (Å²) in [6.45, 7) is -0.344. The Kier molecular flexibility index (Phi) is 5.78. The van der Waals surface area contributed by atoms with E-state index in [4.69, 9.17) is 27.9 Å². The third-order valence-corrected chi connectivity index (χ3v) is 3.12. The van der Waals surface area contributed by atoms with Gasteiger partial charge in [-0.25, -0.2) is 9.82 Å². The van der Waals surface area contributed by atoms with Crippen LogP contribution in [0.15, 0.2) is 41.5 Å². The second kappa shape index (κ2) is 7.80. The van der Waals surface area contributed by atoms with E-state index in [2.05, 4.69) is 10.5 Å². The van der Waals surface area contributed by atoms with Crippen molar-refractivity contribution in [1.29, 1.82) is 0 Å². The van der Waals surface area contributed by atoms with E-state index in [1.807, 2.05) is 0 Å². The van der Waals surface area contributed by atoms with Gasteiger partial charge in [0.15, 0.2) is 6.61 Å². The van der Waals surface area contributed by atoms with Crippen molar-refractivity contribution in [1.82, 2.24) is 5.43 Å². The average Bonchev–Trinajstić information content (AvgIpc) is 2.50. The van der Waals surface area contributed by atoms with Crippen LogP contribution in [0.25, 0.3) is 0 Å². The topological polar surface area (TPSA) is 70.9 Å². The molecule has 2 rings (SSSR count). The number of ether oxygens (including phenoxy) is 1. The van der Waals surface area contributed by atoms with Crippen LogP contribution < -0.4 is 10.2 Å². The molecule has 0 heterocycles. The van der Waals surface area contributed by atoms with Gasteiger partial charge in [-0.3, -0.25) is 4.79 Å². The van der Waals surface area contributed by atoms with Gasteiger partial charge >= 0.3 is 0 Å². The summed E-state index contributed by atoms with van der Waals surface area (Å²) in [5, 5.41) is 13.8. The molecule has 2 aromatic rings. The predicted molar refractivity (Wildman–Crippen MR) is 85.8 cm³/mol. The molecule has 0 unspecified atom stereocenters. The normalized spacial score (nSPS) is 10.7. The minimum absolute atomic E-state index is 0.0692. The number of phenolic OH excluding ortho intramolecular Hbond substituents is 1. The summed E-state index contributed by atoms with van der Waals surface area (Å²) in [5.41, 5.74) is 2.44. The van der Waals surface area contributed by atoms with Gasteiger partial charge in [0, 0.05) is 16.7 Å². The Bertz CT molecular complexity index is 753. The van der Waals surface area contributed by atoms with Crippen LogP contribution in [0.2, 0.25) is 10.0 Å². The number of phenols is 1. The molecule has 0 aliphatic carbocycles. The van der Waals surface area contributed by atoms with Crippen LogP contribution in [0.3, 0.4) is 0 Å². The third kappa shape index (κ3) is 5.12. The molecule has 0 radical (unpaired) electrons. The van der Waals surface area contributed by atoms with Gasteiger partial charge in [0.05, 0.1) is 11.2 Å². The Morgan fingerprint density at radius 2 is 2.13 bits per heavy atom. The molecular weight excluding hydrogens is 346 g/mol. The highest BCUT2D eigenvalue weighted by Gasteiger charge is 2.06. The number of amides is 1. The second-order valence-electron chi connectivity index (χ2n) is 4.36. The molecule has 5 nitrogen and oxygen atoms in total. The maximum atomic E-state index is 12.9. The number of hydrogen-bond donors (Lipinski definition) is 2. The van der Waals surface area contributed by atoms with E-state index in [9.17, 15) is 14.3 Å². The molecule has 1 amide bonds. The van der Waals surface area contributed by atoms with Gasteiger partial charge in [-0.1, -0.05) is 29.3 Å². The Balaban J connectivity index is 1.89. The van der Waals surface area contributed by atoms with Crippen molar-refractivity contribution in [2.45, 2.75) is 0 Å². The number of rotatable bonds is 5. The highest BCUT2D eigenvalue weighted by atomic mass is 35.5. The number of nitrogens with zero attached hydrogens (tertiary/aromatic N) is 1. The molecule has 8 heteroatoms. The van der Waals surface area contributed by atoms with E-state index in [0.717, 1.165) is 6.07 Å². The fourth-order valence-electron chi connectivity index (χ4n) is 1.60. The first kappa shape index (κ1) is 17.1. The summed E-state index contributed by atoms with van der Waals surface area (Å²) in [5.74, 6) is -0.999. The fraction of sp³-hybridized carbons (Fsp3) is 0.0667. The lowest BCUT2D eigenvalue weighted by molar-refractivity contribution is -0.123. The van der Waals surface area contributed by atoms with Crippen LogP contribution in [0, 0.1) is 5.82 Å². The highest BCUT2D eigenvalue weighted by molar-refractivity contribution is 6.36. The van der Waals surface area contributed by atoms with E-state index in [1.165, 1.54) is 36.5 Å². The number of hydrogen-bond acceptors (Lipinski definition) is 4. The zero-order valence-electron chi connectivity index (χ0n) is 11.6. The standard InChI is InChI=1S/C15H11Cl2FN2O3/c16-10-4-9(15(22)13(17)5-10)7-19-20-14(21)8-23-12-3-1-2-11(18)6-12/h1-7,22H,8H2,(H,20,21)/b19-7+. The molecular formula is C15H11Cl2FN2O3. The number of halogens is 3. The number of carbonyl (C=O) groups is 1. The molecule has 0 aliphatic rings. The molecule has 0 aliphatic heterocycles. The number of hydrazone groups is 1. The predicted octanol–water partition coefficient (Wildman–Crippen LogP) is 3.37. The van der Waals surface area contributed by atoms with Crippen LogP contribution in [-0.4, -0.2) is 23.8 Å². The van der Waals surface area contributed by atoms with E-state index in [1.54, 1.807) is 0 Å². The van der Waals surface area contributed by atoms with Crippen molar-refractivity contribution in [2.24, 2.45) is 5.10 Å². The molecule has 0 bridgehead atoms. The summed E-state index contributed by atoms with van der Waals surface area (Å²) < 4.78 is 18.0. The van der Waals surface area contributed by atoms with Crippen molar-refractivity contribution in [2.75, 3.05) is 6.61 Å². The minimum Gasteiger partial charge on any atom is -0.506 e. The van der Waals surface area contributed by atoms with Crippen LogP contribution in [0.5, 0.6) is 11.5 Å². The van der Waals surface area contributed by atoms with E-state index in [0.29, 0.717) is 5.02 Å². The fourth-order valence-corrected chi connectivity index (χ4v) is 2.11. The largest absolute Gasteiger partial charge is 0.506 e. The van der Waals surface area contributed by atoms with Gasteiger partial charge in [-0.05, 0) is 24.3 Å². The molecule has 0 fully saturated rings. The third-order valence-electron chi connectivity index (χ3n) is 2.62. The lowest BCUT2D eigenvalue weighted by atomic mass is 10.2. The molecule has 0 aromatic heterocycles. The van der Waals surface area contributed by atoms with Crippen molar-refractivity contribution >= 4 is 35.3 Å². The molecule has 23 heavy (non-hydrogen) atoms. The van der Waals surface area contributed by atoms with E-state index in [-0.39, 0.29) is 28.7 Å². The van der Waals surface area contributed by atoms with Crippen LogP contribution in [0.1, 0.15) is 5.56 Å². The van der Waals surface area contributed by atoms with Crippen LogP contribution in [0.4, 0.5) is 4.39 Å². The summed E-state index contributed by atoms with van der Waals surface area (Å²) in [4.78, 5) is 11.6. The Hall–Kier alpha value is -2.31. The lowest BCUT2D eigenvalue weighted by Crippen LogP contribution is -2.24. The molecule has 0 spiro atoms. The molecule has 0 atom stereocenters. The highest BCUT2D eigenvalue weighted by Crippen LogP contribution is 2.29.